The van der Waals surface area contributed by atoms with E-state index in [1.807, 2.05) is 0 Å². The van der Waals surface area contributed by atoms with Gasteiger partial charge in [0.2, 0.25) is 0 Å². The summed E-state index contributed by atoms with van der Waals surface area (Å²) < 4.78 is 23.1. The van der Waals surface area contributed by atoms with Crippen LogP contribution in [-0.2, 0) is 9.84 Å². The number of halogens is 1. The van der Waals surface area contributed by atoms with Gasteiger partial charge in [-0.3, -0.25) is 9.89 Å². The number of hydrogen-bond donors (Lipinski definition) is 2. The van der Waals surface area contributed by atoms with Gasteiger partial charge in [-0.25, -0.2) is 8.42 Å². The van der Waals surface area contributed by atoms with Gasteiger partial charge in [0, 0.05) is 51.5 Å². The Labute approximate surface area is 185 Å². The van der Waals surface area contributed by atoms with Crippen LogP contribution in [-0.4, -0.2) is 83.1 Å². The van der Waals surface area contributed by atoms with E-state index in [4.69, 9.17) is 0 Å². The van der Waals surface area contributed by atoms with Gasteiger partial charge in [-0.1, -0.05) is 18.2 Å². The summed E-state index contributed by atoms with van der Waals surface area (Å²) in [6, 6.07) is 10.6. The second-order valence-corrected chi connectivity index (χ2v) is 9.49. The Morgan fingerprint density at radius 1 is 1.18 bits per heavy atom. The molecule has 1 atom stereocenters. The van der Waals surface area contributed by atoms with Crippen molar-refractivity contribution >= 4 is 45.5 Å². The van der Waals surface area contributed by atoms with E-state index < -0.39 is 9.84 Å². The van der Waals surface area contributed by atoms with Gasteiger partial charge in [0.25, 0.3) is 0 Å². The van der Waals surface area contributed by atoms with Gasteiger partial charge in [0.15, 0.2) is 15.8 Å². The number of piperazine rings is 1. The third-order valence-electron chi connectivity index (χ3n) is 5.23. The predicted octanol–water partition coefficient (Wildman–Crippen LogP) is 1.17. The van der Waals surface area contributed by atoms with Crippen LogP contribution in [0.4, 0.5) is 5.69 Å². The minimum Gasteiger partial charge on any atom is -0.369 e. The molecule has 0 amide bonds. The molecule has 2 heterocycles. The SMILES string of the molecule is CN=C(NCCCN1CCN(c2ccccc2)CC1)NC1CCS(=O)(=O)C1.I. The zero-order valence-electron chi connectivity index (χ0n) is 16.5. The highest BCUT2D eigenvalue weighted by atomic mass is 127. The van der Waals surface area contributed by atoms with E-state index in [1.165, 1.54) is 5.69 Å². The number of benzene rings is 1. The lowest BCUT2D eigenvalue weighted by Crippen LogP contribution is -2.47. The Hall–Kier alpha value is -1.07. The molecule has 9 heteroatoms. The smallest absolute Gasteiger partial charge is 0.191 e. The van der Waals surface area contributed by atoms with Gasteiger partial charge in [-0.15, -0.1) is 24.0 Å². The zero-order valence-corrected chi connectivity index (χ0v) is 19.7. The van der Waals surface area contributed by atoms with Crippen molar-refractivity contribution in [2.45, 2.75) is 18.9 Å². The van der Waals surface area contributed by atoms with Crippen molar-refractivity contribution in [3.63, 3.8) is 0 Å². The molecule has 0 bridgehead atoms. The summed E-state index contributed by atoms with van der Waals surface area (Å²) in [5.41, 5.74) is 1.31. The van der Waals surface area contributed by atoms with Crippen molar-refractivity contribution in [2.24, 2.45) is 4.99 Å². The number of aliphatic imine (C=N–C) groups is 1. The maximum absolute atomic E-state index is 11.6. The van der Waals surface area contributed by atoms with Crippen molar-refractivity contribution in [1.82, 2.24) is 15.5 Å². The highest BCUT2D eigenvalue weighted by Gasteiger charge is 2.28. The predicted molar refractivity (Wildman–Crippen MR) is 127 cm³/mol. The number of rotatable bonds is 6. The second-order valence-electron chi connectivity index (χ2n) is 7.26. The molecule has 2 aliphatic heterocycles. The van der Waals surface area contributed by atoms with Crippen LogP contribution in [0.2, 0.25) is 0 Å². The van der Waals surface area contributed by atoms with E-state index in [1.54, 1.807) is 7.05 Å². The molecule has 0 radical (unpaired) electrons. The first-order chi connectivity index (χ1) is 13.1. The van der Waals surface area contributed by atoms with Crippen LogP contribution in [0.5, 0.6) is 0 Å². The van der Waals surface area contributed by atoms with Crippen LogP contribution in [0.25, 0.3) is 0 Å². The molecule has 2 N–H and O–H groups in total. The summed E-state index contributed by atoms with van der Waals surface area (Å²) in [7, 11) is -1.15. The third kappa shape index (κ3) is 7.07. The van der Waals surface area contributed by atoms with Crippen LogP contribution in [0, 0.1) is 0 Å². The Morgan fingerprint density at radius 3 is 2.50 bits per heavy atom. The highest BCUT2D eigenvalue weighted by molar-refractivity contribution is 14.0. The minimum absolute atomic E-state index is 0. The number of hydrogen-bond acceptors (Lipinski definition) is 5. The van der Waals surface area contributed by atoms with Crippen LogP contribution in [0.3, 0.4) is 0 Å². The molecule has 7 nitrogen and oxygen atoms in total. The maximum Gasteiger partial charge on any atom is 0.191 e. The summed E-state index contributed by atoms with van der Waals surface area (Å²) >= 11 is 0. The monoisotopic (exact) mass is 521 g/mol. The lowest BCUT2D eigenvalue weighted by molar-refractivity contribution is 0.255. The fourth-order valence-electron chi connectivity index (χ4n) is 3.67. The Balaban J connectivity index is 0.00000280. The zero-order chi connectivity index (χ0) is 19.1. The summed E-state index contributed by atoms with van der Waals surface area (Å²) in [6.45, 7) is 6.19. The number of guanidine groups is 1. The van der Waals surface area contributed by atoms with E-state index in [2.05, 4.69) is 55.8 Å². The van der Waals surface area contributed by atoms with Crippen LogP contribution < -0.4 is 15.5 Å². The number of anilines is 1. The Kier molecular flexibility index (Phi) is 9.29. The largest absolute Gasteiger partial charge is 0.369 e. The molecule has 2 fully saturated rings. The fourth-order valence-corrected chi connectivity index (χ4v) is 5.35. The first-order valence-electron chi connectivity index (χ1n) is 9.76. The summed E-state index contributed by atoms with van der Waals surface area (Å²) in [6.07, 6.45) is 1.70. The first kappa shape index (κ1) is 23.2. The van der Waals surface area contributed by atoms with Gasteiger partial charge in [0.1, 0.15) is 0 Å². The molecule has 0 aliphatic carbocycles. The third-order valence-corrected chi connectivity index (χ3v) is 7.00. The van der Waals surface area contributed by atoms with Crippen molar-refractivity contribution in [1.29, 1.82) is 0 Å². The van der Waals surface area contributed by atoms with Gasteiger partial charge in [0.05, 0.1) is 11.5 Å². The summed E-state index contributed by atoms with van der Waals surface area (Å²) in [5.74, 6) is 1.18. The topological polar surface area (TPSA) is 77.0 Å². The van der Waals surface area contributed by atoms with E-state index in [-0.39, 0.29) is 41.5 Å². The van der Waals surface area contributed by atoms with E-state index in [0.29, 0.717) is 12.4 Å². The van der Waals surface area contributed by atoms with Gasteiger partial charge < -0.3 is 15.5 Å². The molecule has 1 aromatic rings. The average Bonchev–Trinajstić information content (AvgIpc) is 3.03. The van der Waals surface area contributed by atoms with Crippen molar-refractivity contribution < 1.29 is 8.42 Å². The summed E-state index contributed by atoms with van der Waals surface area (Å²) in [4.78, 5) is 9.15. The molecule has 1 aromatic carbocycles. The van der Waals surface area contributed by atoms with Crippen molar-refractivity contribution in [3.05, 3.63) is 30.3 Å². The first-order valence-corrected chi connectivity index (χ1v) is 11.6. The normalized spacial score (nSPS) is 22.5. The van der Waals surface area contributed by atoms with Crippen LogP contribution >= 0.6 is 24.0 Å². The van der Waals surface area contributed by atoms with Gasteiger partial charge in [-0.2, -0.15) is 0 Å². The molecule has 2 saturated heterocycles. The number of sulfone groups is 1. The average molecular weight is 521 g/mol. The second kappa shape index (κ2) is 11.2. The quantitative estimate of drug-likeness (QED) is 0.254. The molecule has 1 unspecified atom stereocenters. The molecule has 0 aromatic heterocycles. The van der Waals surface area contributed by atoms with Gasteiger partial charge in [-0.05, 0) is 31.5 Å². The van der Waals surface area contributed by atoms with E-state index in [9.17, 15) is 8.42 Å². The number of nitrogens with zero attached hydrogens (tertiary/aromatic N) is 3. The fraction of sp³-hybridized carbons (Fsp3) is 0.632. The molecule has 2 aliphatic rings. The van der Waals surface area contributed by atoms with Crippen LogP contribution in [0.1, 0.15) is 12.8 Å². The van der Waals surface area contributed by atoms with Crippen LogP contribution in [0.15, 0.2) is 35.3 Å². The lowest BCUT2D eigenvalue weighted by Gasteiger charge is -2.36. The number of nitrogens with one attached hydrogen (secondary N) is 2. The van der Waals surface area contributed by atoms with Gasteiger partial charge >= 0.3 is 0 Å². The molecule has 0 saturated carbocycles. The molecule has 0 spiro atoms. The Bertz CT molecular complexity index is 721. The molecular formula is C19H32IN5O2S. The minimum atomic E-state index is -2.87. The summed E-state index contributed by atoms with van der Waals surface area (Å²) in [5, 5.41) is 6.53. The molecular weight excluding hydrogens is 489 g/mol. The molecule has 158 valence electrons. The van der Waals surface area contributed by atoms with E-state index >= 15 is 0 Å². The lowest BCUT2D eigenvalue weighted by atomic mass is 10.2. The number of para-hydroxylation sites is 1. The maximum atomic E-state index is 11.6. The standard InChI is InChI=1S/C19H31N5O2S.HI/c1-20-19(22-17-8-15-27(25,26)16-17)21-9-5-10-23-11-13-24(14-12-23)18-6-3-2-4-7-18;/h2-4,6-7,17H,5,8-16H2,1H3,(H2,20,21,22);1H. The Morgan fingerprint density at radius 2 is 1.89 bits per heavy atom. The van der Waals surface area contributed by atoms with Crippen molar-refractivity contribution in [2.75, 3.05) is 62.7 Å². The van der Waals surface area contributed by atoms with E-state index in [0.717, 1.165) is 45.7 Å². The molecule has 3 rings (SSSR count). The van der Waals surface area contributed by atoms with Crippen molar-refractivity contribution in [3.8, 4) is 0 Å². The molecule has 28 heavy (non-hydrogen) atoms. The highest BCUT2D eigenvalue weighted by Crippen LogP contribution is 2.15.